The summed E-state index contributed by atoms with van der Waals surface area (Å²) in [4.78, 5) is 7.88. The topological polar surface area (TPSA) is 21.8 Å². The summed E-state index contributed by atoms with van der Waals surface area (Å²) in [7, 11) is 0. The number of anilines is 1. The van der Waals surface area contributed by atoms with Crippen molar-refractivity contribution in [3.05, 3.63) is 29.8 Å². The summed E-state index contributed by atoms with van der Waals surface area (Å²) in [5.74, 6) is 0. The lowest BCUT2D eigenvalue weighted by Gasteiger charge is -2.37. The molecule has 3 aliphatic heterocycles. The number of hydrogen-bond donors (Lipinski definition) is 1. The van der Waals surface area contributed by atoms with E-state index >= 15 is 0 Å². The minimum atomic E-state index is 0.604. The Morgan fingerprint density at radius 1 is 0.920 bits per heavy atom. The predicted octanol–water partition coefficient (Wildman–Crippen LogP) is 2.40. The van der Waals surface area contributed by atoms with E-state index in [9.17, 15) is 0 Å². The Morgan fingerprint density at radius 2 is 1.68 bits per heavy atom. The fourth-order valence-electron chi connectivity index (χ4n) is 5.03. The SMILES string of the molecule is CCN1CCN(c2ccccc2CN2CCC3(CCNCC3)C2)CC1. The molecule has 4 rings (SSSR count). The van der Waals surface area contributed by atoms with Crippen molar-refractivity contribution < 1.29 is 0 Å². The molecule has 0 atom stereocenters. The van der Waals surface area contributed by atoms with Crippen LogP contribution in [0.4, 0.5) is 5.69 Å². The lowest BCUT2D eigenvalue weighted by atomic mass is 9.78. The molecule has 1 N–H and O–H groups in total. The van der Waals surface area contributed by atoms with Gasteiger partial charge in [0, 0.05) is 45.0 Å². The zero-order chi connectivity index (χ0) is 17.1. The summed E-state index contributed by atoms with van der Waals surface area (Å²) in [6.45, 7) is 14.3. The van der Waals surface area contributed by atoms with Crippen molar-refractivity contribution in [3.63, 3.8) is 0 Å². The van der Waals surface area contributed by atoms with Crippen molar-refractivity contribution in [2.75, 3.05) is 63.8 Å². The number of hydrogen-bond acceptors (Lipinski definition) is 4. The van der Waals surface area contributed by atoms with E-state index < -0.39 is 0 Å². The molecule has 138 valence electrons. The highest BCUT2D eigenvalue weighted by molar-refractivity contribution is 5.54. The van der Waals surface area contributed by atoms with Gasteiger partial charge in [0.15, 0.2) is 0 Å². The third-order valence-corrected chi connectivity index (χ3v) is 6.73. The summed E-state index contributed by atoms with van der Waals surface area (Å²) in [5, 5.41) is 3.53. The lowest BCUT2D eigenvalue weighted by Crippen LogP contribution is -2.46. The predicted molar refractivity (Wildman–Crippen MR) is 105 cm³/mol. The standard InChI is InChI=1S/C21H34N4/c1-2-23-13-15-25(16-14-23)20-6-4-3-5-19(20)17-24-12-9-21(18-24)7-10-22-11-8-21/h3-6,22H,2,7-18H2,1H3. The molecule has 0 unspecified atom stereocenters. The van der Waals surface area contributed by atoms with Crippen LogP contribution in [-0.2, 0) is 6.54 Å². The van der Waals surface area contributed by atoms with Gasteiger partial charge in [-0.05, 0) is 62.5 Å². The first kappa shape index (κ1) is 17.3. The Balaban J connectivity index is 1.41. The smallest absolute Gasteiger partial charge is 0.0412 e. The molecule has 0 amide bonds. The van der Waals surface area contributed by atoms with Crippen LogP contribution < -0.4 is 10.2 Å². The van der Waals surface area contributed by atoms with Crippen LogP contribution in [0.3, 0.4) is 0 Å². The van der Waals surface area contributed by atoms with Crippen molar-refractivity contribution in [2.45, 2.75) is 32.7 Å². The third kappa shape index (κ3) is 3.86. The Bertz CT molecular complexity index is 559. The molecule has 0 aromatic heterocycles. The number of piperidine rings is 1. The van der Waals surface area contributed by atoms with Gasteiger partial charge in [0.1, 0.15) is 0 Å². The molecule has 25 heavy (non-hydrogen) atoms. The summed E-state index contributed by atoms with van der Waals surface area (Å²) in [6.07, 6.45) is 4.13. The number of likely N-dealkylation sites (tertiary alicyclic amines) is 1. The van der Waals surface area contributed by atoms with Crippen LogP contribution in [0.1, 0.15) is 31.7 Å². The van der Waals surface area contributed by atoms with E-state index in [4.69, 9.17) is 0 Å². The molecule has 3 fully saturated rings. The summed E-state index contributed by atoms with van der Waals surface area (Å²) >= 11 is 0. The molecule has 3 heterocycles. The average molecular weight is 343 g/mol. The second kappa shape index (κ2) is 7.65. The van der Waals surface area contributed by atoms with Crippen LogP contribution in [0, 0.1) is 5.41 Å². The van der Waals surface area contributed by atoms with Gasteiger partial charge in [0.2, 0.25) is 0 Å². The van der Waals surface area contributed by atoms with Crippen LogP contribution in [0.2, 0.25) is 0 Å². The fraction of sp³-hybridized carbons (Fsp3) is 0.714. The molecule has 1 spiro atoms. The van der Waals surface area contributed by atoms with Crippen molar-refractivity contribution in [1.29, 1.82) is 0 Å². The van der Waals surface area contributed by atoms with Crippen molar-refractivity contribution in [2.24, 2.45) is 5.41 Å². The zero-order valence-electron chi connectivity index (χ0n) is 15.8. The number of likely N-dealkylation sites (N-methyl/N-ethyl adjacent to an activating group) is 1. The monoisotopic (exact) mass is 342 g/mol. The fourth-order valence-corrected chi connectivity index (χ4v) is 5.03. The number of rotatable bonds is 4. The Morgan fingerprint density at radius 3 is 2.44 bits per heavy atom. The summed E-state index contributed by atoms with van der Waals surface area (Å²) in [5.41, 5.74) is 3.61. The van der Waals surface area contributed by atoms with Gasteiger partial charge in [-0.15, -0.1) is 0 Å². The third-order valence-electron chi connectivity index (χ3n) is 6.73. The molecule has 0 radical (unpaired) electrons. The van der Waals surface area contributed by atoms with Crippen LogP contribution >= 0.6 is 0 Å². The maximum atomic E-state index is 3.53. The number of para-hydroxylation sites is 1. The van der Waals surface area contributed by atoms with Crippen LogP contribution in [0.15, 0.2) is 24.3 Å². The van der Waals surface area contributed by atoms with E-state index in [1.54, 1.807) is 0 Å². The van der Waals surface area contributed by atoms with Gasteiger partial charge in [0.25, 0.3) is 0 Å². The Kier molecular flexibility index (Phi) is 5.30. The molecule has 1 aromatic rings. The van der Waals surface area contributed by atoms with Gasteiger partial charge in [-0.1, -0.05) is 25.1 Å². The molecular formula is C21H34N4. The quantitative estimate of drug-likeness (QED) is 0.907. The van der Waals surface area contributed by atoms with E-state index in [1.807, 2.05) is 0 Å². The summed E-state index contributed by atoms with van der Waals surface area (Å²) < 4.78 is 0. The van der Waals surface area contributed by atoms with Crippen molar-refractivity contribution in [1.82, 2.24) is 15.1 Å². The average Bonchev–Trinajstić information content (AvgIpc) is 3.05. The van der Waals surface area contributed by atoms with E-state index in [0.29, 0.717) is 5.41 Å². The first-order valence-electron chi connectivity index (χ1n) is 10.3. The Hall–Kier alpha value is -1.10. The molecule has 1 aromatic carbocycles. The number of benzene rings is 1. The summed E-state index contributed by atoms with van der Waals surface area (Å²) in [6, 6.07) is 9.13. The van der Waals surface area contributed by atoms with Crippen LogP contribution in [-0.4, -0.2) is 68.7 Å². The highest BCUT2D eigenvalue weighted by atomic mass is 15.3. The maximum Gasteiger partial charge on any atom is 0.0412 e. The molecule has 3 aliphatic rings. The van der Waals surface area contributed by atoms with Gasteiger partial charge in [-0.3, -0.25) is 4.90 Å². The lowest BCUT2D eigenvalue weighted by molar-refractivity contribution is 0.194. The van der Waals surface area contributed by atoms with Gasteiger partial charge in [-0.25, -0.2) is 0 Å². The molecular weight excluding hydrogens is 308 g/mol. The molecule has 0 saturated carbocycles. The molecule has 0 bridgehead atoms. The number of piperazine rings is 1. The largest absolute Gasteiger partial charge is 0.369 e. The normalized spacial score (nSPS) is 24.9. The second-order valence-corrected chi connectivity index (χ2v) is 8.26. The van der Waals surface area contributed by atoms with Crippen molar-refractivity contribution >= 4 is 5.69 Å². The van der Waals surface area contributed by atoms with Crippen LogP contribution in [0.25, 0.3) is 0 Å². The minimum absolute atomic E-state index is 0.604. The molecule has 3 saturated heterocycles. The van der Waals surface area contributed by atoms with E-state index in [2.05, 4.69) is 51.2 Å². The molecule has 4 nitrogen and oxygen atoms in total. The second-order valence-electron chi connectivity index (χ2n) is 8.26. The highest BCUT2D eigenvalue weighted by Gasteiger charge is 2.38. The molecule has 4 heteroatoms. The van der Waals surface area contributed by atoms with E-state index in [1.165, 1.54) is 89.4 Å². The Labute approximate surface area is 153 Å². The molecule has 0 aliphatic carbocycles. The van der Waals surface area contributed by atoms with Gasteiger partial charge in [-0.2, -0.15) is 0 Å². The van der Waals surface area contributed by atoms with Gasteiger partial charge >= 0.3 is 0 Å². The van der Waals surface area contributed by atoms with Crippen molar-refractivity contribution in [3.8, 4) is 0 Å². The number of nitrogens with zero attached hydrogens (tertiary/aromatic N) is 3. The van der Waals surface area contributed by atoms with Crippen LogP contribution in [0.5, 0.6) is 0 Å². The van der Waals surface area contributed by atoms with Gasteiger partial charge < -0.3 is 15.1 Å². The van der Waals surface area contributed by atoms with E-state index in [0.717, 1.165) is 6.54 Å². The maximum absolute atomic E-state index is 3.53. The number of nitrogens with one attached hydrogen (secondary N) is 1. The first-order valence-corrected chi connectivity index (χ1v) is 10.3. The zero-order valence-corrected chi connectivity index (χ0v) is 15.8. The highest BCUT2D eigenvalue weighted by Crippen LogP contribution is 2.39. The van der Waals surface area contributed by atoms with Gasteiger partial charge in [0.05, 0.1) is 0 Å². The first-order chi connectivity index (χ1) is 12.3. The minimum Gasteiger partial charge on any atom is -0.369 e. The van der Waals surface area contributed by atoms with E-state index in [-0.39, 0.29) is 0 Å².